The van der Waals surface area contributed by atoms with Crippen LogP contribution in [0.25, 0.3) is 0 Å². The van der Waals surface area contributed by atoms with Crippen molar-refractivity contribution in [2.45, 2.75) is 31.8 Å². The average molecular weight is 286 g/mol. The Morgan fingerprint density at radius 3 is 2.58 bits per heavy atom. The van der Waals surface area contributed by atoms with Gasteiger partial charge in [0.25, 0.3) is 5.91 Å². The number of nitrogens with zero attached hydrogens (tertiary/aromatic N) is 1. The third kappa shape index (κ3) is 3.66. The van der Waals surface area contributed by atoms with Crippen molar-refractivity contribution in [3.05, 3.63) is 18.0 Å². The van der Waals surface area contributed by atoms with Crippen LogP contribution in [0.4, 0.5) is 0 Å². The Morgan fingerprint density at radius 1 is 1.47 bits per heavy atom. The molecule has 1 N–H and O–H groups in total. The molecule has 0 unspecified atom stereocenters. The van der Waals surface area contributed by atoms with Crippen molar-refractivity contribution in [2.75, 3.05) is 12.8 Å². The number of amides is 1. The second kappa shape index (κ2) is 6.01. The minimum Gasteiger partial charge on any atom is -0.489 e. The summed E-state index contributed by atoms with van der Waals surface area (Å²) in [6.45, 7) is 5.15. The third-order valence-corrected chi connectivity index (χ3v) is 4.10. The average Bonchev–Trinajstić information content (AvgIpc) is 2.37. The van der Waals surface area contributed by atoms with E-state index < -0.39 is 15.7 Å². The molecule has 1 aromatic heterocycles. The number of carbonyl (C=O) groups is 1. The summed E-state index contributed by atoms with van der Waals surface area (Å²) >= 11 is 0. The van der Waals surface area contributed by atoms with Gasteiger partial charge in [-0.2, -0.15) is 0 Å². The Bertz CT molecular complexity index is 567. The molecule has 0 aliphatic carbocycles. The monoisotopic (exact) mass is 286 g/mol. The first kappa shape index (κ1) is 15.4. The maximum Gasteiger partial charge on any atom is 0.270 e. The van der Waals surface area contributed by atoms with E-state index in [9.17, 15) is 13.2 Å². The van der Waals surface area contributed by atoms with E-state index in [4.69, 9.17) is 4.74 Å². The number of pyridine rings is 1. The first-order valence-electron chi connectivity index (χ1n) is 5.93. The fourth-order valence-electron chi connectivity index (χ4n) is 1.44. The van der Waals surface area contributed by atoms with Crippen molar-refractivity contribution in [3.8, 4) is 5.75 Å². The summed E-state index contributed by atoms with van der Waals surface area (Å²) in [5, 5.41) is 2.37. The molecule has 0 aliphatic heterocycles. The van der Waals surface area contributed by atoms with E-state index >= 15 is 0 Å². The summed E-state index contributed by atoms with van der Waals surface area (Å²) in [5.41, 5.74) is -0.111. The maximum absolute atomic E-state index is 12.0. The molecule has 0 spiro atoms. The van der Waals surface area contributed by atoms with E-state index in [0.717, 1.165) is 0 Å². The lowest BCUT2D eigenvalue weighted by Crippen LogP contribution is -2.23. The van der Waals surface area contributed by atoms with Gasteiger partial charge in [0, 0.05) is 13.1 Å². The molecule has 0 aliphatic rings. The Morgan fingerprint density at radius 2 is 2.11 bits per heavy atom. The highest BCUT2D eigenvalue weighted by Gasteiger charge is 2.23. The second-order valence-corrected chi connectivity index (χ2v) is 6.41. The van der Waals surface area contributed by atoms with Gasteiger partial charge in [-0.25, -0.2) is 13.4 Å². The first-order chi connectivity index (χ1) is 8.81. The lowest BCUT2D eigenvalue weighted by molar-refractivity contribution is 0.0954. The van der Waals surface area contributed by atoms with Crippen molar-refractivity contribution < 1.29 is 17.9 Å². The summed E-state index contributed by atoms with van der Waals surface area (Å²) in [4.78, 5) is 15.4. The van der Waals surface area contributed by atoms with E-state index in [0.29, 0.717) is 5.75 Å². The number of ether oxygens (including phenoxy) is 1. The van der Waals surface area contributed by atoms with Gasteiger partial charge in [0.1, 0.15) is 16.3 Å². The van der Waals surface area contributed by atoms with Gasteiger partial charge in [-0.15, -0.1) is 0 Å². The largest absolute Gasteiger partial charge is 0.489 e. The van der Waals surface area contributed by atoms with E-state index in [1.807, 2.05) is 13.8 Å². The number of carbonyl (C=O) groups excluding carboxylic acids is 1. The van der Waals surface area contributed by atoms with Crippen LogP contribution in [0, 0.1) is 0 Å². The van der Waals surface area contributed by atoms with Crippen LogP contribution in [-0.4, -0.2) is 38.2 Å². The number of nitrogens with one attached hydrogen (secondary N) is 1. The molecule has 19 heavy (non-hydrogen) atoms. The number of aromatic nitrogens is 1. The number of rotatable bonds is 5. The lowest BCUT2D eigenvalue weighted by Gasteiger charge is -2.12. The first-order valence-corrected chi connectivity index (χ1v) is 7.58. The molecule has 7 heteroatoms. The van der Waals surface area contributed by atoms with Crippen molar-refractivity contribution >= 4 is 15.7 Å². The van der Waals surface area contributed by atoms with E-state index in [2.05, 4.69) is 10.3 Å². The molecule has 0 aromatic carbocycles. The molecule has 1 amide bonds. The molecule has 0 bridgehead atoms. The van der Waals surface area contributed by atoms with Crippen LogP contribution in [-0.2, 0) is 9.84 Å². The quantitative estimate of drug-likeness (QED) is 0.873. The zero-order valence-electron chi connectivity index (χ0n) is 11.4. The molecule has 1 heterocycles. The second-order valence-electron chi connectivity index (χ2n) is 4.17. The van der Waals surface area contributed by atoms with Gasteiger partial charge < -0.3 is 10.1 Å². The Hall–Kier alpha value is -1.63. The highest BCUT2D eigenvalue weighted by Crippen LogP contribution is 2.22. The van der Waals surface area contributed by atoms with Gasteiger partial charge >= 0.3 is 0 Å². The van der Waals surface area contributed by atoms with E-state index in [1.54, 1.807) is 0 Å². The van der Waals surface area contributed by atoms with Crippen molar-refractivity contribution in [1.29, 1.82) is 0 Å². The number of hydrogen-bond acceptors (Lipinski definition) is 5. The summed E-state index contributed by atoms with van der Waals surface area (Å²) in [6, 6.07) is 1.34. The lowest BCUT2D eigenvalue weighted by atomic mass is 10.3. The summed E-state index contributed by atoms with van der Waals surface area (Å²) < 4.78 is 29.4. The normalized spacial score (nSPS) is 11.4. The minimum atomic E-state index is -3.55. The van der Waals surface area contributed by atoms with E-state index in [1.165, 1.54) is 26.2 Å². The minimum absolute atomic E-state index is 0.104. The molecule has 0 fully saturated rings. The molecule has 1 rings (SSSR count). The van der Waals surface area contributed by atoms with Crippen LogP contribution in [0.15, 0.2) is 17.2 Å². The van der Waals surface area contributed by atoms with Gasteiger partial charge in [-0.3, -0.25) is 4.79 Å². The molecule has 1 aromatic rings. The molecule has 0 atom stereocenters. The number of hydrogen-bond donors (Lipinski definition) is 1. The highest BCUT2D eigenvalue weighted by molar-refractivity contribution is 7.91. The fraction of sp³-hybridized carbons (Fsp3) is 0.500. The van der Waals surface area contributed by atoms with Crippen LogP contribution in [0.2, 0.25) is 0 Å². The van der Waals surface area contributed by atoms with Gasteiger partial charge in [0.2, 0.25) is 0 Å². The molecular formula is C12H18N2O4S. The molecule has 0 saturated heterocycles. The topological polar surface area (TPSA) is 85.4 Å². The fourth-order valence-corrected chi connectivity index (χ4v) is 2.49. The molecule has 0 radical (unpaired) electrons. The Labute approximate surface area is 113 Å². The van der Waals surface area contributed by atoms with Crippen molar-refractivity contribution in [3.63, 3.8) is 0 Å². The van der Waals surface area contributed by atoms with E-state index in [-0.39, 0.29) is 22.4 Å². The van der Waals surface area contributed by atoms with Gasteiger partial charge in [-0.1, -0.05) is 6.92 Å². The van der Waals surface area contributed by atoms with Gasteiger partial charge in [-0.05, 0) is 13.8 Å². The smallest absolute Gasteiger partial charge is 0.270 e. The van der Waals surface area contributed by atoms with Gasteiger partial charge in [0.15, 0.2) is 9.84 Å². The SMILES string of the molecule is CCS(=O)(=O)c1cc(OC(C)C)cnc1C(=O)NC. The molecular weight excluding hydrogens is 268 g/mol. The number of sulfone groups is 1. The summed E-state index contributed by atoms with van der Waals surface area (Å²) in [6.07, 6.45) is 1.24. The van der Waals surface area contributed by atoms with Crippen LogP contribution >= 0.6 is 0 Å². The molecule has 6 nitrogen and oxygen atoms in total. The Kier molecular flexibility index (Phi) is 4.88. The van der Waals surface area contributed by atoms with Crippen LogP contribution in [0.5, 0.6) is 5.75 Å². The van der Waals surface area contributed by atoms with Crippen LogP contribution in [0.1, 0.15) is 31.3 Å². The summed E-state index contributed by atoms with van der Waals surface area (Å²) in [5.74, 6) is -0.318. The predicted molar refractivity (Wildman–Crippen MR) is 71.1 cm³/mol. The zero-order chi connectivity index (χ0) is 14.6. The van der Waals surface area contributed by atoms with Crippen molar-refractivity contribution in [1.82, 2.24) is 10.3 Å². The maximum atomic E-state index is 12.0. The zero-order valence-corrected chi connectivity index (χ0v) is 12.2. The van der Waals surface area contributed by atoms with Crippen LogP contribution < -0.4 is 10.1 Å². The Balaban J connectivity index is 3.39. The standard InChI is InChI=1S/C12H18N2O4S/c1-5-19(16,17)10-6-9(18-8(2)3)7-14-11(10)12(15)13-4/h6-8H,5H2,1-4H3,(H,13,15). The van der Waals surface area contributed by atoms with Crippen molar-refractivity contribution in [2.24, 2.45) is 0 Å². The van der Waals surface area contributed by atoms with Crippen LogP contribution in [0.3, 0.4) is 0 Å². The predicted octanol–water partition coefficient (Wildman–Crippen LogP) is 1.02. The molecule has 0 saturated carbocycles. The van der Waals surface area contributed by atoms with Gasteiger partial charge in [0.05, 0.1) is 18.1 Å². The highest BCUT2D eigenvalue weighted by atomic mass is 32.2. The summed E-state index contributed by atoms with van der Waals surface area (Å²) in [7, 11) is -2.12. The third-order valence-electron chi connectivity index (χ3n) is 2.36. The molecule has 106 valence electrons.